The topological polar surface area (TPSA) is 123 Å². The summed E-state index contributed by atoms with van der Waals surface area (Å²) in [7, 11) is 0. The Morgan fingerprint density at radius 3 is 2.50 bits per heavy atom. The number of hydrogen-bond acceptors (Lipinski definition) is 7. The highest BCUT2D eigenvalue weighted by Gasteiger charge is 2.80. The zero-order chi connectivity index (χ0) is 21.4. The van der Waals surface area contributed by atoms with E-state index in [0.29, 0.717) is 30.8 Å². The summed E-state index contributed by atoms with van der Waals surface area (Å²) in [5.41, 5.74) is -2.91. The van der Waals surface area contributed by atoms with Gasteiger partial charge in [-0.2, -0.15) is 15.8 Å². The molecule has 3 heterocycles. The van der Waals surface area contributed by atoms with Crippen LogP contribution in [0.5, 0.6) is 5.75 Å². The van der Waals surface area contributed by atoms with Crippen LogP contribution in [-0.4, -0.2) is 18.3 Å². The molecule has 30 heavy (non-hydrogen) atoms. The van der Waals surface area contributed by atoms with E-state index in [2.05, 4.69) is 25.1 Å². The molecule has 0 aromatic heterocycles. The van der Waals surface area contributed by atoms with E-state index in [0.717, 1.165) is 25.7 Å². The minimum absolute atomic E-state index is 0.342. The third-order valence-electron chi connectivity index (χ3n) is 6.77. The smallest absolute Gasteiger partial charge is 0.218 e. The van der Waals surface area contributed by atoms with Gasteiger partial charge in [-0.25, -0.2) is 0 Å². The van der Waals surface area contributed by atoms with Gasteiger partial charge in [0.1, 0.15) is 11.9 Å². The fourth-order valence-corrected chi connectivity index (χ4v) is 5.21. The Labute approximate surface area is 176 Å². The van der Waals surface area contributed by atoms with E-state index in [1.165, 1.54) is 0 Å². The van der Waals surface area contributed by atoms with Crippen molar-refractivity contribution in [3.8, 4) is 24.0 Å². The molecule has 1 spiro atoms. The summed E-state index contributed by atoms with van der Waals surface area (Å²) in [4.78, 5) is 0. The zero-order valence-electron chi connectivity index (χ0n) is 17.0. The van der Waals surface area contributed by atoms with Crippen molar-refractivity contribution < 1.29 is 14.2 Å². The van der Waals surface area contributed by atoms with Crippen LogP contribution in [0.25, 0.3) is 0 Å². The number of rotatable bonds is 5. The van der Waals surface area contributed by atoms with Gasteiger partial charge in [0.15, 0.2) is 10.8 Å². The summed E-state index contributed by atoms with van der Waals surface area (Å²) < 4.78 is 18.0. The van der Waals surface area contributed by atoms with Crippen LogP contribution in [0.15, 0.2) is 24.3 Å². The highest BCUT2D eigenvalue weighted by molar-refractivity contribution is 5.89. The Hall–Kier alpha value is -3.08. The SMILES string of the molecule is CCCCOc1ccc([C@@H]2O[C@@]34CCCC[C@H]3C(C#N)(C#N)[C@@]2(C#N)C(=N)O4)cc1. The van der Waals surface area contributed by atoms with Crippen molar-refractivity contribution in [2.24, 2.45) is 16.7 Å². The molecule has 2 bridgehead atoms. The van der Waals surface area contributed by atoms with Crippen molar-refractivity contribution in [3.63, 3.8) is 0 Å². The van der Waals surface area contributed by atoms with Gasteiger partial charge in [0.2, 0.25) is 11.7 Å². The largest absolute Gasteiger partial charge is 0.494 e. The third kappa shape index (κ3) is 2.47. The monoisotopic (exact) mass is 404 g/mol. The van der Waals surface area contributed by atoms with Gasteiger partial charge in [0.25, 0.3) is 0 Å². The standard InChI is InChI=1S/C23H24N4O3/c1-2-3-12-28-17-9-7-16(8-10-17)19-22(15-26)20(27)30-23(29-19)11-5-4-6-18(23)21(22,13-24)14-25/h7-10,18-19,27H,2-6,11-12H2,1H3/t18-,19-,22+,23+/m0/s1. The van der Waals surface area contributed by atoms with E-state index in [1.807, 2.05) is 0 Å². The zero-order valence-corrected chi connectivity index (χ0v) is 17.0. The number of ether oxygens (including phenoxy) is 3. The molecule has 5 rings (SSSR count). The first-order valence-electron chi connectivity index (χ1n) is 10.5. The lowest BCUT2D eigenvalue weighted by atomic mass is 9.48. The lowest BCUT2D eigenvalue weighted by molar-refractivity contribution is -0.360. The van der Waals surface area contributed by atoms with Gasteiger partial charge in [0, 0.05) is 6.42 Å². The summed E-state index contributed by atoms with van der Waals surface area (Å²) >= 11 is 0. The Bertz CT molecular complexity index is 956. The fraction of sp³-hybridized carbons (Fsp3) is 0.565. The molecule has 1 aliphatic carbocycles. The lowest BCUT2D eigenvalue weighted by Gasteiger charge is -2.63. The van der Waals surface area contributed by atoms with Crippen LogP contribution in [0, 0.1) is 56.2 Å². The van der Waals surface area contributed by atoms with Gasteiger partial charge >= 0.3 is 0 Å². The molecule has 0 amide bonds. The second-order valence-corrected chi connectivity index (χ2v) is 8.26. The van der Waals surface area contributed by atoms with Gasteiger partial charge in [0.05, 0.1) is 30.7 Å². The number of hydrogen-bond donors (Lipinski definition) is 1. The molecule has 0 radical (unpaired) electrons. The van der Waals surface area contributed by atoms with Gasteiger partial charge in [-0.15, -0.1) is 0 Å². The first kappa shape index (κ1) is 20.2. The average molecular weight is 404 g/mol. The van der Waals surface area contributed by atoms with E-state index in [4.69, 9.17) is 19.6 Å². The molecule has 0 unspecified atom stereocenters. The molecule has 3 saturated heterocycles. The molecule has 3 aliphatic heterocycles. The maximum atomic E-state index is 10.3. The van der Waals surface area contributed by atoms with Crippen molar-refractivity contribution in [2.75, 3.05) is 6.61 Å². The molecule has 7 nitrogen and oxygen atoms in total. The molecule has 1 saturated carbocycles. The molecular formula is C23H24N4O3. The number of nitrogens with zero attached hydrogens (tertiary/aromatic N) is 3. The molecule has 1 aromatic carbocycles. The number of fused-ring (bicyclic) bond motifs is 2. The number of benzene rings is 1. The first-order chi connectivity index (χ1) is 14.5. The van der Waals surface area contributed by atoms with Crippen LogP contribution >= 0.6 is 0 Å². The molecule has 4 aliphatic rings. The van der Waals surface area contributed by atoms with Crippen LogP contribution in [0.3, 0.4) is 0 Å². The normalized spacial score (nSPS) is 33.3. The predicted molar refractivity (Wildman–Crippen MR) is 106 cm³/mol. The second-order valence-electron chi connectivity index (χ2n) is 8.26. The van der Waals surface area contributed by atoms with Crippen molar-refractivity contribution in [2.45, 2.75) is 57.3 Å². The number of nitrogens with one attached hydrogen (secondary N) is 1. The molecule has 4 atom stereocenters. The van der Waals surface area contributed by atoms with Gasteiger partial charge < -0.3 is 14.2 Å². The summed E-state index contributed by atoms with van der Waals surface area (Å²) in [6.45, 7) is 2.71. The van der Waals surface area contributed by atoms with E-state index < -0.39 is 28.6 Å². The minimum atomic E-state index is -1.83. The van der Waals surface area contributed by atoms with E-state index >= 15 is 0 Å². The molecular weight excluding hydrogens is 380 g/mol. The number of unbranched alkanes of at least 4 members (excludes halogenated alkanes) is 1. The molecule has 4 fully saturated rings. The van der Waals surface area contributed by atoms with E-state index in [1.54, 1.807) is 24.3 Å². The van der Waals surface area contributed by atoms with E-state index in [9.17, 15) is 15.8 Å². The molecule has 7 heteroatoms. The van der Waals surface area contributed by atoms with Crippen LogP contribution < -0.4 is 4.74 Å². The molecule has 154 valence electrons. The summed E-state index contributed by atoms with van der Waals surface area (Å²) in [5.74, 6) is -1.44. The van der Waals surface area contributed by atoms with Crippen LogP contribution in [-0.2, 0) is 9.47 Å². The van der Waals surface area contributed by atoms with Crippen molar-refractivity contribution in [1.82, 2.24) is 0 Å². The summed E-state index contributed by atoms with van der Waals surface area (Å²) in [5, 5.41) is 39.2. The summed E-state index contributed by atoms with van der Waals surface area (Å²) in [6, 6.07) is 13.6. The van der Waals surface area contributed by atoms with E-state index in [-0.39, 0.29) is 5.90 Å². The van der Waals surface area contributed by atoms with Crippen LogP contribution in [0.1, 0.15) is 57.1 Å². The Morgan fingerprint density at radius 1 is 1.13 bits per heavy atom. The Morgan fingerprint density at radius 2 is 1.87 bits per heavy atom. The van der Waals surface area contributed by atoms with Crippen molar-refractivity contribution in [3.05, 3.63) is 29.8 Å². The minimum Gasteiger partial charge on any atom is -0.494 e. The highest BCUT2D eigenvalue weighted by atomic mass is 16.7. The van der Waals surface area contributed by atoms with Crippen molar-refractivity contribution >= 4 is 5.90 Å². The van der Waals surface area contributed by atoms with Crippen LogP contribution in [0.4, 0.5) is 0 Å². The fourth-order valence-electron chi connectivity index (χ4n) is 5.21. The lowest BCUT2D eigenvalue weighted by Crippen LogP contribution is -2.73. The quantitative estimate of drug-likeness (QED) is 0.727. The molecule has 1 N–H and O–H groups in total. The highest BCUT2D eigenvalue weighted by Crippen LogP contribution is 2.69. The third-order valence-corrected chi connectivity index (χ3v) is 6.77. The molecule has 1 aromatic rings. The predicted octanol–water partition coefficient (Wildman–Crippen LogP) is 4.37. The van der Waals surface area contributed by atoms with Gasteiger partial charge in [-0.1, -0.05) is 31.9 Å². The van der Waals surface area contributed by atoms with Gasteiger partial charge in [-0.3, -0.25) is 5.41 Å². The number of nitriles is 3. The summed E-state index contributed by atoms with van der Waals surface area (Å²) in [6.07, 6.45) is 3.73. The maximum absolute atomic E-state index is 10.3. The van der Waals surface area contributed by atoms with Crippen LogP contribution in [0.2, 0.25) is 0 Å². The Balaban J connectivity index is 1.80. The second kappa shape index (κ2) is 7.31. The van der Waals surface area contributed by atoms with Crippen molar-refractivity contribution in [1.29, 1.82) is 21.2 Å². The van der Waals surface area contributed by atoms with Gasteiger partial charge in [-0.05, 0) is 37.0 Å². The average Bonchev–Trinajstić information content (AvgIpc) is 2.78. The maximum Gasteiger partial charge on any atom is 0.218 e. The first-order valence-corrected chi connectivity index (χ1v) is 10.5. The Kier molecular flexibility index (Phi) is 4.92.